The maximum absolute atomic E-state index is 5.81. The second-order valence-electron chi connectivity index (χ2n) is 5.85. The van der Waals surface area contributed by atoms with Gasteiger partial charge >= 0.3 is 0 Å². The summed E-state index contributed by atoms with van der Waals surface area (Å²) in [5.41, 5.74) is 2.75. The lowest BCUT2D eigenvalue weighted by atomic mass is 9.98. The minimum absolute atomic E-state index is 0.431. The van der Waals surface area contributed by atoms with Crippen molar-refractivity contribution < 1.29 is 9.47 Å². The summed E-state index contributed by atoms with van der Waals surface area (Å²) in [7, 11) is 0. The number of alkyl halides is 1. The highest BCUT2D eigenvalue weighted by molar-refractivity contribution is 9.09. The zero-order chi connectivity index (χ0) is 13.8. The van der Waals surface area contributed by atoms with Crippen molar-refractivity contribution >= 4 is 15.9 Å². The predicted octanol–water partition coefficient (Wildman–Crippen LogP) is 4.80. The lowest BCUT2D eigenvalue weighted by Crippen LogP contribution is -2.19. The Kier molecular flexibility index (Phi) is 5.00. The van der Waals surface area contributed by atoms with Gasteiger partial charge in [-0.25, -0.2) is 0 Å². The molecule has 3 heteroatoms. The number of hydrogen-bond acceptors (Lipinski definition) is 2. The molecule has 1 aromatic carbocycles. The first-order valence-corrected chi connectivity index (χ1v) is 8.76. The first-order valence-electron chi connectivity index (χ1n) is 7.84. The maximum Gasteiger partial charge on any atom is 0.122 e. The minimum Gasteiger partial charge on any atom is -0.493 e. The molecule has 0 aromatic heterocycles. The molecule has 1 fully saturated rings. The SMILES string of the molecule is BrC(CCC1CCCCO1)c1ccc2c(c1)CCCO2. The largest absolute Gasteiger partial charge is 0.493 e. The smallest absolute Gasteiger partial charge is 0.122 e. The summed E-state index contributed by atoms with van der Waals surface area (Å²) in [5, 5.41) is 0. The van der Waals surface area contributed by atoms with Crippen molar-refractivity contribution in [3.05, 3.63) is 29.3 Å². The Morgan fingerprint density at radius 1 is 1.20 bits per heavy atom. The number of hydrogen-bond donors (Lipinski definition) is 0. The van der Waals surface area contributed by atoms with Crippen molar-refractivity contribution in [1.82, 2.24) is 0 Å². The van der Waals surface area contributed by atoms with Crippen LogP contribution in [0.4, 0.5) is 0 Å². The first kappa shape index (κ1) is 14.4. The third-order valence-electron chi connectivity index (χ3n) is 4.31. The quantitative estimate of drug-likeness (QED) is 0.734. The van der Waals surface area contributed by atoms with Crippen LogP contribution in [0.15, 0.2) is 18.2 Å². The predicted molar refractivity (Wildman–Crippen MR) is 84.8 cm³/mol. The Hall–Kier alpha value is -0.540. The van der Waals surface area contributed by atoms with Crippen molar-refractivity contribution in [3.8, 4) is 5.75 Å². The zero-order valence-electron chi connectivity index (χ0n) is 11.9. The third kappa shape index (κ3) is 3.56. The van der Waals surface area contributed by atoms with Gasteiger partial charge in [0.05, 0.1) is 12.7 Å². The van der Waals surface area contributed by atoms with Gasteiger partial charge in [-0.2, -0.15) is 0 Å². The topological polar surface area (TPSA) is 18.5 Å². The van der Waals surface area contributed by atoms with Gasteiger partial charge in [-0.15, -0.1) is 0 Å². The molecule has 0 bridgehead atoms. The Morgan fingerprint density at radius 2 is 2.15 bits per heavy atom. The average molecular weight is 339 g/mol. The zero-order valence-corrected chi connectivity index (χ0v) is 13.5. The fourth-order valence-corrected chi connectivity index (χ4v) is 3.66. The number of aryl methyl sites for hydroxylation is 1. The van der Waals surface area contributed by atoms with E-state index >= 15 is 0 Å². The summed E-state index contributed by atoms with van der Waals surface area (Å²) in [6.45, 7) is 1.82. The lowest BCUT2D eigenvalue weighted by Gasteiger charge is -2.24. The Bertz CT molecular complexity index is 441. The van der Waals surface area contributed by atoms with Gasteiger partial charge in [-0.1, -0.05) is 28.1 Å². The summed E-state index contributed by atoms with van der Waals surface area (Å²) < 4.78 is 11.5. The second-order valence-corrected chi connectivity index (χ2v) is 6.96. The van der Waals surface area contributed by atoms with Crippen LogP contribution in [-0.2, 0) is 11.2 Å². The summed E-state index contributed by atoms with van der Waals surface area (Å²) >= 11 is 3.84. The summed E-state index contributed by atoms with van der Waals surface area (Å²) in [6.07, 6.45) is 8.86. The number of benzene rings is 1. The van der Waals surface area contributed by atoms with Crippen LogP contribution >= 0.6 is 15.9 Å². The van der Waals surface area contributed by atoms with Crippen LogP contribution in [-0.4, -0.2) is 19.3 Å². The van der Waals surface area contributed by atoms with Crippen molar-refractivity contribution in [1.29, 1.82) is 0 Å². The van der Waals surface area contributed by atoms with Gasteiger partial charge in [0, 0.05) is 11.4 Å². The molecule has 3 rings (SSSR count). The fourth-order valence-electron chi connectivity index (χ4n) is 3.11. The number of rotatable bonds is 4. The molecule has 0 spiro atoms. The molecule has 2 aliphatic rings. The van der Waals surface area contributed by atoms with E-state index in [1.165, 1.54) is 30.4 Å². The van der Waals surface area contributed by atoms with Crippen LogP contribution in [0.5, 0.6) is 5.75 Å². The van der Waals surface area contributed by atoms with Gasteiger partial charge in [0.15, 0.2) is 0 Å². The second kappa shape index (κ2) is 6.95. The van der Waals surface area contributed by atoms with Crippen molar-refractivity contribution in [3.63, 3.8) is 0 Å². The van der Waals surface area contributed by atoms with Crippen molar-refractivity contribution in [2.75, 3.05) is 13.2 Å². The molecule has 2 atom stereocenters. The van der Waals surface area contributed by atoms with E-state index in [2.05, 4.69) is 34.1 Å². The van der Waals surface area contributed by atoms with E-state index in [0.717, 1.165) is 44.6 Å². The molecule has 1 aromatic rings. The van der Waals surface area contributed by atoms with E-state index in [4.69, 9.17) is 9.47 Å². The summed E-state index contributed by atoms with van der Waals surface area (Å²) in [4.78, 5) is 0.431. The van der Waals surface area contributed by atoms with E-state index in [1.54, 1.807) is 0 Å². The van der Waals surface area contributed by atoms with E-state index in [-0.39, 0.29) is 0 Å². The molecule has 0 N–H and O–H groups in total. The van der Waals surface area contributed by atoms with Gasteiger partial charge in [0.1, 0.15) is 5.75 Å². The van der Waals surface area contributed by atoms with Gasteiger partial charge in [-0.05, 0) is 62.1 Å². The molecule has 0 aliphatic carbocycles. The molecule has 0 radical (unpaired) electrons. The standard InChI is InChI=1S/C17H23BrO2/c18-16(8-7-15-5-1-2-10-19-15)13-6-9-17-14(12-13)4-3-11-20-17/h6,9,12,15-16H,1-5,7-8,10-11H2. The fraction of sp³-hybridized carbons (Fsp3) is 0.647. The molecule has 20 heavy (non-hydrogen) atoms. The number of halogens is 1. The molecule has 2 aliphatic heterocycles. The molecule has 2 unspecified atom stereocenters. The van der Waals surface area contributed by atoms with Crippen LogP contribution in [0, 0.1) is 0 Å². The van der Waals surface area contributed by atoms with E-state index < -0.39 is 0 Å². The van der Waals surface area contributed by atoms with Crippen molar-refractivity contribution in [2.45, 2.75) is 55.9 Å². The Balaban J connectivity index is 1.57. The van der Waals surface area contributed by atoms with Gasteiger partial charge in [0.25, 0.3) is 0 Å². The number of fused-ring (bicyclic) bond motifs is 1. The van der Waals surface area contributed by atoms with Crippen LogP contribution in [0.1, 0.15) is 54.5 Å². The minimum atomic E-state index is 0.431. The molecule has 0 amide bonds. The first-order chi connectivity index (χ1) is 9.83. The average Bonchev–Trinajstić information content (AvgIpc) is 2.53. The molecule has 2 heterocycles. The van der Waals surface area contributed by atoms with E-state index in [9.17, 15) is 0 Å². The van der Waals surface area contributed by atoms with E-state index in [1.807, 2.05) is 0 Å². The summed E-state index contributed by atoms with van der Waals surface area (Å²) in [5.74, 6) is 1.08. The maximum atomic E-state index is 5.81. The Morgan fingerprint density at radius 3 is 3.00 bits per heavy atom. The van der Waals surface area contributed by atoms with Gasteiger partial charge in [-0.3, -0.25) is 0 Å². The highest BCUT2D eigenvalue weighted by atomic mass is 79.9. The third-order valence-corrected chi connectivity index (χ3v) is 5.30. The van der Waals surface area contributed by atoms with Crippen LogP contribution in [0.3, 0.4) is 0 Å². The molecule has 2 nitrogen and oxygen atoms in total. The monoisotopic (exact) mass is 338 g/mol. The highest BCUT2D eigenvalue weighted by Crippen LogP contribution is 2.34. The van der Waals surface area contributed by atoms with Gasteiger partial charge in [0.2, 0.25) is 0 Å². The van der Waals surface area contributed by atoms with Crippen LogP contribution in [0.25, 0.3) is 0 Å². The Labute approximate surface area is 130 Å². The van der Waals surface area contributed by atoms with E-state index in [0.29, 0.717) is 10.9 Å². The lowest BCUT2D eigenvalue weighted by molar-refractivity contribution is 0.0102. The molecule has 1 saturated heterocycles. The normalized spacial score (nSPS) is 23.8. The van der Waals surface area contributed by atoms with Gasteiger partial charge < -0.3 is 9.47 Å². The summed E-state index contributed by atoms with van der Waals surface area (Å²) in [6, 6.07) is 6.65. The number of ether oxygens (including phenoxy) is 2. The molecule has 0 saturated carbocycles. The van der Waals surface area contributed by atoms with Crippen LogP contribution < -0.4 is 4.74 Å². The van der Waals surface area contributed by atoms with Crippen LogP contribution in [0.2, 0.25) is 0 Å². The van der Waals surface area contributed by atoms with Crippen molar-refractivity contribution in [2.24, 2.45) is 0 Å². The highest BCUT2D eigenvalue weighted by Gasteiger charge is 2.18. The molecule has 110 valence electrons. The molecular weight excluding hydrogens is 316 g/mol. The molecular formula is C17H23BrO2.